The normalized spacial score (nSPS) is 16.4. The summed E-state index contributed by atoms with van der Waals surface area (Å²) in [6.45, 7) is -6.04. The van der Waals surface area contributed by atoms with Crippen molar-refractivity contribution in [2.24, 2.45) is 0 Å². The number of nitrogens with zero attached hydrogens (tertiary/aromatic N) is 3. The van der Waals surface area contributed by atoms with Crippen LogP contribution in [0.2, 0.25) is 0 Å². The number of benzene rings is 1. The Bertz CT molecular complexity index is 3830. The topological polar surface area (TPSA) is 853 Å². The van der Waals surface area contributed by atoms with Gasteiger partial charge in [0.25, 0.3) is 11.5 Å². The number of hydrogen-bond donors (Lipinski definition) is 33. The van der Waals surface area contributed by atoms with Gasteiger partial charge in [0.05, 0.1) is 69.4 Å². The zero-order valence-corrected chi connectivity index (χ0v) is 61.0. The standard InChI is InChI=1S/C63H94N16O34S/c64-63-78-53-46(60(109)79-63)70-26(16-69-53)15-65-25-3-1-24(2-4-25)54(103)74-30(61(110)111)8-12-43(92)71-27(5-9-40(89)66-17-34(83)47(97)50(100)37(86)20-80)55(104)75-31(13-44(93)94)58(107)72-28(6-10-41(90)67-18-35(84)48(98)51(101)38(87)21-81)56(105)76-32(14-45(95)96)59(108)73-29(57(106)77-33(23-114)62(112)113)7-11-42(91)68-19-36(85)49(99)52(102)39(88)22-82/h1-4,16,27-39,47-52,65,80-88,97-102,114H,5-15,17-23H2,(H,66,89)(H,67,90)(H,68,91)(H,71,92)(H,72,107)(H,73,108)(H,74,103)(H,75,104)(H,76,105)(H,77,106)(H,93,94)(H,95,96)(H,110,111)(H,112,113)(H3,64,69,78,79,109)/t27-,28-,29-,30-,31+,32+,33+,34-,35-,36-,37+,38+,39+,47+,48+,49+,50+,51+,52+/m0/s1. The summed E-state index contributed by atoms with van der Waals surface area (Å²) in [7, 11) is 0. The molecule has 0 unspecified atom stereocenters. The van der Waals surface area contributed by atoms with Crippen LogP contribution in [0.15, 0.2) is 35.3 Å². The number of thiol groups is 1. The Morgan fingerprint density at radius 3 is 1.14 bits per heavy atom. The fraction of sp³-hybridized carbons (Fsp3) is 0.587. The van der Waals surface area contributed by atoms with E-state index in [0.717, 1.165) is 0 Å². The molecule has 10 amide bonds. The van der Waals surface area contributed by atoms with Gasteiger partial charge in [0.2, 0.25) is 59.1 Å². The van der Waals surface area contributed by atoms with Crippen molar-refractivity contribution in [1.29, 1.82) is 0 Å². The van der Waals surface area contributed by atoms with Crippen LogP contribution in [-0.2, 0) is 68.9 Å². The predicted molar refractivity (Wildman–Crippen MR) is 382 cm³/mol. The highest BCUT2D eigenvalue weighted by Crippen LogP contribution is 2.16. The highest BCUT2D eigenvalue weighted by atomic mass is 32.1. The lowest BCUT2D eigenvalue weighted by molar-refractivity contribution is -0.143. The number of H-pyrrole nitrogens is 1. The molecule has 3 aromatic rings. The second-order valence-electron chi connectivity index (χ2n) is 25.4. The van der Waals surface area contributed by atoms with E-state index in [-0.39, 0.29) is 34.9 Å². The van der Waals surface area contributed by atoms with Gasteiger partial charge < -0.3 is 161 Å². The summed E-state index contributed by atoms with van der Waals surface area (Å²) in [4.78, 5) is 214. The van der Waals surface area contributed by atoms with Crippen LogP contribution in [0.4, 0.5) is 11.6 Å². The summed E-state index contributed by atoms with van der Waals surface area (Å²) in [5.74, 6) is -21.8. The number of carbonyl (C=O) groups excluding carboxylic acids is 10. The molecule has 2 aromatic heterocycles. The van der Waals surface area contributed by atoms with E-state index in [9.17, 15) is 154 Å². The molecule has 114 heavy (non-hydrogen) atoms. The first-order chi connectivity index (χ1) is 53.5. The van der Waals surface area contributed by atoms with Crippen molar-refractivity contribution in [3.05, 3.63) is 52.1 Å². The molecule has 0 saturated carbocycles. The summed E-state index contributed by atoms with van der Waals surface area (Å²) in [5.41, 5.74) is 5.32. The van der Waals surface area contributed by atoms with Crippen LogP contribution in [0.1, 0.15) is 80.3 Å². The average molecular weight is 1650 g/mol. The second kappa shape index (κ2) is 48.4. The molecule has 51 heteroatoms. The van der Waals surface area contributed by atoms with Crippen molar-refractivity contribution in [1.82, 2.24) is 73.1 Å². The fourth-order valence-corrected chi connectivity index (χ4v) is 10.2. The molecule has 0 aliphatic heterocycles. The van der Waals surface area contributed by atoms with Gasteiger partial charge in [-0.15, -0.1) is 0 Å². The minimum Gasteiger partial charge on any atom is -0.481 e. The van der Waals surface area contributed by atoms with Gasteiger partial charge >= 0.3 is 23.9 Å². The van der Waals surface area contributed by atoms with Crippen molar-refractivity contribution < 1.29 is 164 Å². The molecule has 2 heterocycles. The van der Waals surface area contributed by atoms with E-state index in [1.807, 2.05) is 26.6 Å². The summed E-state index contributed by atoms with van der Waals surface area (Å²) in [6.07, 6.45) is -34.1. The second-order valence-corrected chi connectivity index (χ2v) is 25.7. The van der Waals surface area contributed by atoms with E-state index in [1.165, 1.54) is 30.5 Å². The van der Waals surface area contributed by atoms with E-state index in [1.54, 1.807) is 0 Å². The SMILES string of the molecule is Nc1nc2ncc(CNc3ccc(C(=O)N[C@@H](CCC(=O)N[C@@H](CCC(=O)NC[C@H](O)[C@@H](O)[C@H](O)[C@H](O)CO)C(=O)N[C@H](CC(=O)O)C(=O)N[C@@H](CCC(=O)NC[C@H](O)[C@@H](O)[C@H](O)[C@H](O)CO)C(=O)N[C@H](CC(=O)O)C(=O)N[C@@H](CCC(=O)NC[C@H](O)[C@@H](O)[C@H](O)[C@H](O)CO)C(=O)N[C@H](CS)C(=O)O)C(=O)O)cc3)nc2c(=O)[nH]1. The number of carbonyl (C=O) groups is 14. The van der Waals surface area contributed by atoms with E-state index >= 15 is 0 Å². The molecule has 0 aliphatic rings. The molecule has 0 spiro atoms. The number of carboxylic acids is 4. The number of fused-ring (bicyclic) bond motifs is 1. The van der Waals surface area contributed by atoms with Crippen molar-refractivity contribution >= 4 is 118 Å². The monoisotopic (exact) mass is 1650 g/mol. The maximum Gasteiger partial charge on any atom is 0.327 e. The smallest absolute Gasteiger partial charge is 0.327 e. The molecule has 33 N–H and O–H groups in total. The number of hydrogen-bond acceptors (Lipinski definition) is 36. The van der Waals surface area contributed by atoms with Crippen molar-refractivity contribution in [2.45, 2.75) is 186 Å². The largest absolute Gasteiger partial charge is 0.481 e. The van der Waals surface area contributed by atoms with Crippen LogP contribution < -0.4 is 69.8 Å². The average Bonchev–Trinajstić information content (AvgIpc) is 0.812. The lowest BCUT2D eigenvalue weighted by Gasteiger charge is -2.27. The first-order valence-corrected chi connectivity index (χ1v) is 35.0. The van der Waals surface area contributed by atoms with Crippen LogP contribution in [0, 0.1) is 0 Å². The molecule has 1 aromatic carbocycles. The minimum atomic E-state index is -2.46. The molecule has 50 nitrogen and oxygen atoms in total. The van der Waals surface area contributed by atoms with E-state index < -0.39 is 313 Å². The maximum atomic E-state index is 14.4. The number of carboxylic acid groups (broad SMARTS) is 4. The molecule has 0 fully saturated rings. The Hall–Kier alpha value is -10.6. The van der Waals surface area contributed by atoms with Gasteiger partial charge in [0, 0.05) is 62.3 Å². The van der Waals surface area contributed by atoms with Gasteiger partial charge in [-0.3, -0.25) is 67.3 Å². The number of aromatic nitrogens is 4. The number of nitrogen functional groups attached to an aromatic ring is 1. The lowest BCUT2D eigenvalue weighted by atomic mass is 10.0. The van der Waals surface area contributed by atoms with Crippen molar-refractivity contribution in [3.63, 3.8) is 0 Å². The number of aliphatic hydroxyl groups is 15. The molecule has 0 radical (unpaired) electrons. The molecular formula is C63H94N16O34S. The molecule has 3 rings (SSSR count). The zero-order valence-electron chi connectivity index (χ0n) is 60.1. The number of amides is 10. The van der Waals surface area contributed by atoms with Gasteiger partial charge in [-0.05, 0) is 49.9 Å². The van der Waals surface area contributed by atoms with Crippen LogP contribution in [0.3, 0.4) is 0 Å². The van der Waals surface area contributed by atoms with Gasteiger partial charge in [0.15, 0.2) is 11.2 Å². The van der Waals surface area contributed by atoms with Gasteiger partial charge in [-0.2, -0.15) is 17.6 Å². The molecular weight excluding hydrogens is 1560 g/mol. The fourth-order valence-electron chi connectivity index (χ4n) is 9.95. The van der Waals surface area contributed by atoms with Crippen molar-refractivity contribution in [2.75, 3.05) is 56.3 Å². The summed E-state index contributed by atoms with van der Waals surface area (Å²) in [5, 5.41) is 212. The summed E-state index contributed by atoms with van der Waals surface area (Å²) >= 11 is 3.84. The zero-order chi connectivity index (χ0) is 86.0. The first-order valence-electron chi connectivity index (χ1n) is 34.3. The van der Waals surface area contributed by atoms with Gasteiger partial charge in [0.1, 0.15) is 97.2 Å². The Morgan fingerprint density at radius 1 is 0.430 bits per heavy atom. The van der Waals surface area contributed by atoms with Crippen LogP contribution in [0.5, 0.6) is 0 Å². The highest BCUT2D eigenvalue weighted by Gasteiger charge is 2.38. The van der Waals surface area contributed by atoms with Crippen LogP contribution >= 0.6 is 12.6 Å². The third kappa shape index (κ3) is 32.8. The molecule has 0 aliphatic carbocycles. The minimum absolute atomic E-state index is 0.00168. The number of aromatic amines is 1. The number of nitrogens with one attached hydrogen (secondary N) is 12. The van der Waals surface area contributed by atoms with Gasteiger partial charge in [-0.1, -0.05) is 0 Å². The Morgan fingerprint density at radius 2 is 0.772 bits per heavy atom. The van der Waals surface area contributed by atoms with E-state index in [2.05, 4.69) is 64.5 Å². The van der Waals surface area contributed by atoms with Crippen molar-refractivity contribution in [3.8, 4) is 0 Å². The summed E-state index contributed by atoms with van der Waals surface area (Å²) < 4.78 is 0. The number of rotatable bonds is 53. The quantitative estimate of drug-likeness (QED) is 0.0233. The molecule has 19 atom stereocenters. The highest BCUT2D eigenvalue weighted by molar-refractivity contribution is 7.80. The third-order valence-corrected chi connectivity index (χ3v) is 17.0. The van der Waals surface area contributed by atoms with E-state index in [4.69, 9.17) is 21.1 Å². The van der Waals surface area contributed by atoms with Gasteiger partial charge in [-0.25, -0.2) is 19.6 Å². The van der Waals surface area contributed by atoms with Crippen LogP contribution in [0.25, 0.3) is 11.2 Å². The molecule has 0 saturated heterocycles. The Balaban J connectivity index is 2.02. The predicted octanol–water partition coefficient (Wildman–Crippen LogP) is -15.3. The molecule has 636 valence electrons. The van der Waals surface area contributed by atoms with E-state index in [0.29, 0.717) is 5.69 Å². The number of aliphatic carboxylic acids is 4. The Labute approximate surface area is 648 Å². The molecule has 0 bridgehead atoms. The summed E-state index contributed by atoms with van der Waals surface area (Å²) in [6, 6.07) is -9.78. The lowest BCUT2D eigenvalue weighted by Crippen LogP contribution is -2.60. The number of anilines is 2. The number of nitrogens with two attached hydrogens (primary N) is 1. The first kappa shape index (κ1) is 97.6. The van der Waals surface area contributed by atoms with Crippen LogP contribution in [-0.4, -0.2) is 361 Å². The third-order valence-electron chi connectivity index (χ3n) is 16.6. The maximum absolute atomic E-state index is 14.4. The number of aliphatic hydroxyl groups excluding tert-OH is 15. The Kier molecular flexibility index (Phi) is 41.5.